The van der Waals surface area contributed by atoms with Crippen molar-refractivity contribution < 1.29 is 32.6 Å². The average molecular weight is 216 g/mol. The maximum Gasteiger partial charge on any atom is 0.461 e. The van der Waals surface area contributed by atoms with Crippen LogP contribution in [0.25, 0.3) is 0 Å². The van der Waals surface area contributed by atoms with E-state index < -0.39 is 17.9 Å². The van der Waals surface area contributed by atoms with Crippen molar-refractivity contribution in [3.05, 3.63) is 0 Å². The summed E-state index contributed by atoms with van der Waals surface area (Å²) in [6.07, 6.45) is -5.13. The lowest BCUT2D eigenvalue weighted by Crippen LogP contribution is -2.32. The highest BCUT2D eigenvalue weighted by atomic mass is 19.4. The van der Waals surface area contributed by atoms with Crippen molar-refractivity contribution in [1.82, 2.24) is 0 Å². The Kier molecular flexibility index (Phi) is 8.02. The summed E-state index contributed by atoms with van der Waals surface area (Å²) in [4.78, 5) is 20.1. The van der Waals surface area contributed by atoms with Gasteiger partial charge in [-0.2, -0.15) is 13.2 Å². The summed E-state index contributed by atoms with van der Waals surface area (Å²) >= 11 is 0. The summed E-state index contributed by atoms with van der Waals surface area (Å²) in [6.45, 7) is 2.99. The predicted octanol–water partition coefficient (Wildman–Crippen LogP) is 0.679. The molecule has 0 aromatic carbocycles. The molecule has 0 unspecified atom stereocenters. The van der Waals surface area contributed by atoms with E-state index in [1.165, 1.54) is 6.92 Å². The van der Waals surface area contributed by atoms with Gasteiger partial charge in [0, 0.05) is 6.61 Å². The van der Waals surface area contributed by atoms with Crippen LogP contribution in [0.1, 0.15) is 13.8 Å². The number of ether oxygens (including phenoxy) is 1. The van der Waals surface area contributed by atoms with E-state index in [1.807, 2.05) is 0 Å². The normalized spacial score (nSPS) is 9.86. The molecule has 0 radical (unpaired) electrons. The zero-order valence-electron chi connectivity index (χ0n) is 7.72. The van der Waals surface area contributed by atoms with E-state index in [0.717, 1.165) is 0 Å². The summed E-state index contributed by atoms with van der Waals surface area (Å²) in [6, 6.07) is 0. The summed E-state index contributed by atoms with van der Waals surface area (Å²) in [7, 11) is 0. The van der Waals surface area contributed by atoms with Crippen LogP contribution in [0.3, 0.4) is 0 Å². The van der Waals surface area contributed by atoms with Crippen molar-refractivity contribution in [2.75, 3.05) is 13.2 Å². The van der Waals surface area contributed by atoms with Crippen LogP contribution in [0.2, 0.25) is 0 Å². The van der Waals surface area contributed by atoms with Crippen LogP contribution in [0.5, 0.6) is 0 Å². The third-order valence-electron chi connectivity index (χ3n) is 0.718. The van der Waals surface area contributed by atoms with Crippen LogP contribution in [-0.2, 0) is 14.3 Å². The standard InChI is InChI=1S/C5H5F3O3.C2H6O/c1-2-11-4(10)3(9)5(6,7)8;1-2-3/h2H2,1H3;3H,2H2,1H3. The van der Waals surface area contributed by atoms with E-state index in [1.54, 1.807) is 6.92 Å². The first-order valence-electron chi connectivity index (χ1n) is 3.70. The minimum atomic E-state index is -5.13. The van der Waals surface area contributed by atoms with E-state index in [2.05, 4.69) is 4.74 Å². The molecule has 7 heteroatoms. The second-order valence-electron chi connectivity index (χ2n) is 1.86. The van der Waals surface area contributed by atoms with Gasteiger partial charge in [0.15, 0.2) is 0 Å². The summed E-state index contributed by atoms with van der Waals surface area (Å²) in [5, 5.41) is 7.57. The van der Waals surface area contributed by atoms with Crippen LogP contribution in [0.4, 0.5) is 13.2 Å². The molecule has 0 spiro atoms. The number of alkyl halides is 3. The molecule has 14 heavy (non-hydrogen) atoms. The monoisotopic (exact) mass is 216 g/mol. The van der Waals surface area contributed by atoms with Gasteiger partial charge in [0.2, 0.25) is 0 Å². The van der Waals surface area contributed by atoms with Gasteiger partial charge in [-0.25, -0.2) is 4.79 Å². The van der Waals surface area contributed by atoms with Gasteiger partial charge in [-0.1, -0.05) is 0 Å². The SMILES string of the molecule is CCO.CCOC(=O)C(=O)C(F)(F)F. The number of hydrogen-bond acceptors (Lipinski definition) is 4. The van der Waals surface area contributed by atoms with Crippen LogP contribution in [-0.4, -0.2) is 36.2 Å². The first kappa shape index (κ1) is 15.4. The number of carbonyl (C=O) groups is 2. The molecule has 0 aliphatic carbocycles. The number of hydrogen-bond donors (Lipinski definition) is 1. The average Bonchev–Trinajstić information content (AvgIpc) is 2.03. The molecule has 0 rings (SSSR count). The highest BCUT2D eigenvalue weighted by molar-refractivity contribution is 6.35. The molecule has 0 heterocycles. The highest BCUT2D eigenvalue weighted by Crippen LogP contribution is 2.16. The molecule has 0 aliphatic rings. The molecular formula is C7H11F3O4. The number of rotatable bonds is 2. The fourth-order valence-electron chi connectivity index (χ4n) is 0.312. The molecule has 0 aliphatic heterocycles. The van der Waals surface area contributed by atoms with Gasteiger partial charge in [-0.05, 0) is 13.8 Å². The molecular weight excluding hydrogens is 205 g/mol. The molecule has 0 fully saturated rings. The van der Waals surface area contributed by atoms with Gasteiger partial charge in [0.25, 0.3) is 0 Å². The van der Waals surface area contributed by atoms with Gasteiger partial charge in [0.1, 0.15) is 0 Å². The summed E-state index contributed by atoms with van der Waals surface area (Å²) < 4.78 is 37.9. The quantitative estimate of drug-likeness (QED) is 0.544. The maximum atomic E-state index is 11.4. The van der Waals surface area contributed by atoms with Crippen molar-refractivity contribution >= 4 is 11.8 Å². The summed E-state index contributed by atoms with van der Waals surface area (Å²) in [5.41, 5.74) is 0. The zero-order valence-corrected chi connectivity index (χ0v) is 7.72. The molecule has 0 amide bonds. The van der Waals surface area contributed by atoms with E-state index in [-0.39, 0.29) is 13.2 Å². The lowest BCUT2D eigenvalue weighted by Gasteiger charge is -2.02. The van der Waals surface area contributed by atoms with Gasteiger partial charge in [-0.3, -0.25) is 4.79 Å². The Morgan fingerprint density at radius 3 is 1.86 bits per heavy atom. The molecule has 0 atom stereocenters. The van der Waals surface area contributed by atoms with E-state index in [4.69, 9.17) is 5.11 Å². The largest absolute Gasteiger partial charge is 0.461 e. The maximum absolute atomic E-state index is 11.4. The topological polar surface area (TPSA) is 63.6 Å². The number of Topliss-reactive ketones (excluding diaryl/α,β-unsaturated/α-hetero) is 1. The third kappa shape index (κ3) is 7.53. The van der Waals surface area contributed by atoms with Crippen LogP contribution >= 0.6 is 0 Å². The van der Waals surface area contributed by atoms with Crippen LogP contribution < -0.4 is 0 Å². The lowest BCUT2D eigenvalue weighted by molar-refractivity contribution is -0.183. The van der Waals surface area contributed by atoms with Gasteiger partial charge < -0.3 is 9.84 Å². The van der Waals surface area contributed by atoms with Crippen LogP contribution in [0, 0.1) is 0 Å². The van der Waals surface area contributed by atoms with Gasteiger partial charge in [0.05, 0.1) is 6.61 Å². The molecule has 84 valence electrons. The second kappa shape index (κ2) is 7.31. The highest BCUT2D eigenvalue weighted by Gasteiger charge is 2.44. The Hall–Kier alpha value is -1.11. The van der Waals surface area contributed by atoms with Crippen molar-refractivity contribution in [1.29, 1.82) is 0 Å². The minimum absolute atomic E-state index is 0.249. The first-order chi connectivity index (χ1) is 6.31. The first-order valence-corrected chi connectivity index (χ1v) is 3.70. The Morgan fingerprint density at radius 2 is 1.64 bits per heavy atom. The summed E-state index contributed by atoms with van der Waals surface area (Å²) in [5.74, 6) is -4.33. The van der Waals surface area contributed by atoms with E-state index in [9.17, 15) is 22.8 Å². The number of ketones is 1. The van der Waals surface area contributed by atoms with E-state index >= 15 is 0 Å². The number of aliphatic hydroxyl groups excluding tert-OH is 1. The van der Waals surface area contributed by atoms with Crippen molar-refractivity contribution in [3.8, 4) is 0 Å². The van der Waals surface area contributed by atoms with E-state index in [0.29, 0.717) is 0 Å². The number of halogens is 3. The minimum Gasteiger partial charge on any atom is -0.460 e. The van der Waals surface area contributed by atoms with Crippen molar-refractivity contribution in [2.45, 2.75) is 20.0 Å². The van der Waals surface area contributed by atoms with Crippen LogP contribution in [0.15, 0.2) is 0 Å². The molecule has 0 saturated carbocycles. The zero-order chi connectivity index (χ0) is 11.8. The molecule has 4 nitrogen and oxygen atoms in total. The second-order valence-corrected chi connectivity index (χ2v) is 1.86. The van der Waals surface area contributed by atoms with Gasteiger partial charge in [-0.15, -0.1) is 0 Å². The predicted molar refractivity (Wildman–Crippen MR) is 40.5 cm³/mol. The Morgan fingerprint density at radius 1 is 1.29 bits per heavy atom. The molecule has 0 bridgehead atoms. The van der Waals surface area contributed by atoms with Gasteiger partial charge >= 0.3 is 17.9 Å². The number of esters is 1. The molecule has 1 N–H and O–H groups in total. The fraction of sp³-hybridized carbons (Fsp3) is 0.714. The third-order valence-corrected chi connectivity index (χ3v) is 0.718. The number of aliphatic hydroxyl groups is 1. The number of carbonyl (C=O) groups excluding carboxylic acids is 2. The molecule has 0 saturated heterocycles. The molecule has 0 aromatic heterocycles. The Labute approximate surface area is 78.7 Å². The van der Waals surface area contributed by atoms with Crippen molar-refractivity contribution in [3.63, 3.8) is 0 Å². The fourth-order valence-corrected chi connectivity index (χ4v) is 0.312. The lowest BCUT2D eigenvalue weighted by atomic mass is 10.4. The Balaban J connectivity index is 0. The molecule has 0 aromatic rings. The Bertz CT molecular complexity index is 188. The smallest absolute Gasteiger partial charge is 0.460 e. The van der Waals surface area contributed by atoms with Crippen molar-refractivity contribution in [2.24, 2.45) is 0 Å².